The maximum absolute atomic E-state index is 11.6. The van der Waals surface area contributed by atoms with E-state index in [-0.39, 0.29) is 5.91 Å². The fourth-order valence-corrected chi connectivity index (χ4v) is 1.70. The summed E-state index contributed by atoms with van der Waals surface area (Å²) in [5.74, 6) is 0.129. The Labute approximate surface area is 100 Å². The summed E-state index contributed by atoms with van der Waals surface area (Å²) in [4.78, 5) is 15.9. The third-order valence-electron chi connectivity index (χ3n) is 2.80. The summed E-state index contributed by atoms with van der Waals surface area (Å²) in [5, 5.41) is 0. The summed E-state index contributed by atoms with van der Waals surface area (Å²) in [7, 11) is 0. The average Bonchev–Trinajstić information content (AvgIpc) is 2.30. The van der Waals surface area contributed by atoms with E-state index < -0.39 is 0 Å². The van der Waals surface area contributed by atoms with E-state index in [2.05, 4.69) is 18.7 Å². The van der Waals surface area contributed by atoms with E-state index in [1.54, 1.807) is 12.2 Å². The van der Waals surface area contributed by atoms with Crippen molar-refractivity contribution in [2.75, 3.05) is 32.7 Å². The lowest BCUT2D eigenvalue weighted by Crippen LogP contribution is -2.33. The molecule has 0 aliphatic carbocycles. The van der Waals surface area contributed by atoms with E-state index in [4.69, 9.17) is 0 Å². The van der Waals surface area contributed by atoms with Gasteiger partial charge in [0.05, 0.1) is 0 Å². The Hall–Kier alpha value is -0.830. The molecule has 1 amide bonds. The van der Waals surface area contributed by atoms with Gasteiger partial charge in [0, 0.05) is 13.1 Å². The number of hydrogen-bond donors (Lipinski definition) is 0. The van der Waals surface area contributed by atoms with Crippen molar-refractivity contribution in [3.05, 3.63) is 12.2 Å². The van der Waals surface area contributed by atoms with Crippen LogP contribution in [0.3, 0.4) is 0 Å². The molecule has 0 saturated heterocycles. The lowest BCUT2D eigenvalue weighted by molar-refractivity contribution is -0.125. The Morgan fingerprint density at radius 2 is 1.69 bits per heavy atom. The molecule has 3 nitrogen and oxygen atoms in total. The van der Waals surface area contributed by atoms with Crippen molar-refractivity contribution in [2.24, 2.45) is 0 Å². The smallest absolute Gasteiger partial charge is 0.246 e. The van der Waals surface area contributed by atoms with Crippen molar-refractivity contribution in [3.63, 3.8) is 0 Å². The van der Waals surface area contributed by atoms with Crippen molar-refractivity contribution in [1.82, 2.24) is 9.80 Å². The van der Waals surface area contributed by atoms with Crippen LogP contribution in [-0.2, 0) is 4.79 Å². The fraction of sp³-hybridized carbons (Fsp3) is 0.769. The van der Waals surface area contributed by atoms with Crippen molar-refractivity contribution >= 4 is 5.91 Å². The van der Waals surface area contributed by atoms with E-state index in [1.807, 2.05) is 18.7 Å². The van der Waals surface area contributed by atoms with Gasteiger partial charge in [-0.3, -0.25) is 4.79 Å². The zero-order valence-corrected chi connectivity index (χ0v) is 11.2. The molecule has 3 heteroatoms. The maximum Gasteiger partial charge on any atom is 0.246 e. The van der Waals surface area contributed by atoms with Gasteiger partial charge in [0.25, 0.3) is 0 Å². The van der Waals surface area contributed by atoms with Crippen LogP contribution in [0.5, 0.6) is 0 Å². The Bertz CT molecular complexity index is 210. The van der Waals surface area contributed by atoms with Crippen LogP contribution in [-0.4, -0.2) is 48.4 Å². The first-order chi connectivity index (χ1) is 7.69. The topological polar surface area (TPSA) is 23.6 Å². The van der Waals surface area contributed by atoms with E-state index in [0.717, 1.165) is 39.1 Å². The minimum atomic E-state index is 0.129. The Balaban J connectivity index is 3.91. The molecular weight excluding hydrogens is 200 g/mol. The van der Waals surface area contributed by atoms with Gasteiger partial charge in [0.1, 0.15) is 0 Å². The second-order valence-electron chi connectivity index (χ2n) is 3.80. The van der Waals surface area contributed by atoms with Crippen LogP contribution in [0.15, 0.2) is 12.2 Å². The normalized spacial score (nSPS) is 11.3. The molecule has 0 heterocycles. The number of likely N-dealkylation sites (N-methyl/N-ethyl adjacent to an activating group) is 1. The van der Waals surface area contributed by atoms with Crippen LogP contribution < -0.4 is 0 Å². The first kappa shape index (κ1) is 15.2. The lowest BCUT2D eigenvalue weighted by Gasteiger charge is -2.22. The molecule has 0 unspecified atom stereocenters. The summed E-state index contributed by atoms with van der Waals surface area (Å²) < 4.78 is 0. The molecule has 0 radical (unpaired) electrons. The lowest BCUT2D eigenvalue weighted by atomic mass is 10.3. The molecule has 0 fully saturated rings. The van der Waals surface area contributed by atoms with Crippen LogP contribution in [0.4, 0.5) is 0 Å². The second-order valence-corrected chi connectivity index (χ2v) is 3.80. The Morgan fingerprint density at radius 3 is 2.12 bits per heavy atom. The highest BCUT2D eigenvalue weighted by Gasteiger charge is 2.07. The largest absolute Gasteiger partial charge is 0.339 e. The van der Waals surface area contributed by atoms with Crippen molar-refractivity contribution in [2.45, 2.75) is 34.1 Å². The van der Waals surface area contributed by atoms with Gasteiger partial charge in [-0.15, -0.1) is 0 Å². The first-order valence-electron chi connectivity index (χ1n) is 6.33. The number of hydrogen-bond acceptors (Lipinski definition) is 2. The predicted octanol–water partition coefficient (Wildman–Crippen LogP) is 2.14. The van der Waals surface area contributed by atoms with Crippen molar-refractivity contribution in [1.29, 1.82) is 0 Å². The number of nitrogens with zero attached hydrogens (tertiary/aromatic N) is 2. The van der Waals surface area contributed by atoms with E-state index in [9.17, 15) is 4.79 Å². The fourth-order valence-electron chi connectivity index (χ4n) is 1.70. The van der Waals surface area contributed by atoms with Crippen LogP contribution in [0.2, 0.25) is 0 Å². The molecule has 0 aromatic rings. The van der Waals surface area contributed by atoms with Crippen LogP contribution in [0.1, 0.15) is 34.1 Å². The molecule has 0 spiro atoms. The van der Waals surface area contributed by atoms with Gasteiger partial charge in [0.15, 0.2) is 0 Å². The Morgan fingerprint density at radius 1 is 1.06 bits per heavy atom. The molecule has 94 valence electrons. The van der Waals surface area contributed by atoms with Crippen LogP contribution >= 0.6 is 0 Å². The molecule has 0 aromatic carbocycles. The molecule has 0 aliphatic rings. The number of allylic oxidation sites excluding steroid dienone is 1. The standard InChI is InChI=1S/C13H26N2O/c1-5-10-13(16)15(8-4)12-9-11-14(6-2)7-3/h5,10H,6-9,11-12H2,1-4H3/b10-5+. The molecular formula is C13H26N2O. The SMILES string of the molecule is C/C=C/C(=O)N(CC)CCCN(CC)CC. The minimum Gasteiger partial charge on any atom is -0.339 e. The second kappa shape index (κ2) is 9.40. The van der Waals surface area contributed by atoms with Gasteiger partial charge < -0.3 is 9.80 Å². The highest BCUT2D eigenvalue weighted by molar-refractivity contribution is 5.87. The first-order valence-corrected chi connectivity index (χ1v) is 6.33. The number of amides is 1. The molecule has 0 aromatic heterocycles. The summed E-state index contributed by atoms with van der Waals surface area (Å²) in [6.45, 7) is 13.2. The molecule has 16 heavy (non-hydrogen) atoms. The quantitative estimate of drug-likeness (QED) is 0.592. The summed E-state index contributed by atoms with van der Waals surface area (Å²) in [6, 6.07) is 0. The van der Waals surface area contributed by atoms with Gasteiger partial charge in [-0.05, 0) is 46.0 Å². The number of carbonyl (C=O) groups is 1. The highest BCUT2D eigenvalue weighted by atomic mass is 16.2. The third kappa shape index (κ3) is 5.91. The molecule has 0 aliphatic heterocycles. The van der Waals surface area contributed by atoms with E-state index in [1.165, 1.54) is 0 Å². The summed E-state index contributed by atoms with van der Waals surface area (Å²) >= 11 is 0. The molecule has 0 saturated carbocycles. The van der Waals surface area contributed by atoms with E-state index >= 15 is 0 Å². The van der Waals surface area contributed by atoms with Gasteiger partial charge in [-0.25, -0.2) is 0 Å². The van der Waals surface area contributed by atoms with Gasteiger partial charge in [-0.1, -0.05) is 19.9 Å². The third-order valence-corrected chi connectivity index (χ3v) is 2.80. The predicted molar refractivity (Wildman–Crippen MR) is 69.5 cm³/mol. The van der Waals surface area contributed by atoms with Crippen LogP contribution in [0, 0.1) is 0 Å². The Kier molecular flexibility index (Phi) is 8.91. The van der Waals surface area contributed by atoms with Crippen LogP contribution in [0.25, 0.3) is 0 Å². The van der Waals surface area contributed by atoms with Gasteiger partial charge in [0.2, 0.25) is 5.91 Å². The molecule has 0 bridgehead atoms. The van der Waals surface area contributed by atoms with Gasteiger partial charge >= 0.3 is 0 Å². The number of carbonyl (C=O) groups excluding carboxylic acids is 1. The van der Waals surface area contributed by atoms with Gasteiger partial charge in [-0.2, -0.15) is 0 Å². The average molecular weight is 226 g/mol. The summed E-state index contributed by atoms with van der Waals surface area (Å²) in [6.07, 6.45) is 4.50. The zero-order valence-electron chi connectivity index (χ0n) is 11.2. The maximum atomic E-state index is 11.6. The highest BCUT2D eigenvalue weighted by Crippen LogP contribution is 1.97. The van der Waals surface area contributed by atoms with Crippen molar-refractivity contribution in [3.8, 4) is 0 Å². The summed E-state index contributed by atoms with van der Waals surface area (Å²) in [5.41, 5.74) is 0. The van der Waals surface area contributed by atoms with E-state index in [0.29, 0.717) is 0 Å². The molecule has 0 atom stereocenters. The number of rotatable bonds is 8. The molecule has 0 rings (SSSR count). The van der Waals surface area contributed by atoms with Crippen molar-refractivity contribution < 1.29 is 4.79 Å². The minimum absolute atomic E-state index is 0.129. The monoisotopic (exact) mass is 226 g/mol. The zero-order chi connectivity index (χ0) is 12.4. The molecule has 0 N–H and O–H groups in total.